The Morgan fingerprint density at radius 1 is 0.865 bits per heavy atom. The molecule has 0 bridgehead atoms. The zero-order valence-corrected chi connectivity index (χ0v) is 23.4. The molecule has 2 rings (SSSR count). The molecule has 1 aliphatic heterocycles. The Morgan fingerprint density at radius 2 is 1.57 bits per heavy atom. The van der Waals surface area contributed by atoms with Gasteiger partial charge >= 0.3 is 11.9 Å². The summed E-state index contributed by atoms with van der Waals surface area (Å²) in [6, 6.07) is 3.77. The molecule has 0 aromatic heterocycles. The molecule has 0 spiro atoms. The third-order valence-corrected chi connectivity index (χ3v) is 6.60. The summed E-state index contributed by atoms with van der Waals surface area (Å²) in [7, 11) is 3.25. The van der Waals surface area contributed by atoms with Crippen molar-refractivity contribution in [3.8, 4) is 17.2 Å². The van der Waals surface area contributed by atoms with E-state index in [-0.39, 0.29) is 18.0 Å². The van der Waals surface area contributed by atoms with Crippen LogP contribution in [0.15, 0.2) is 12.1 Å². The van der Waals surface area contributed by atoms with Crippen molar-refractivity contribution in [3.05, 3.63) is 17.7 Å². The highest BCUT2D eigenvalue weighted by Gasteiger charge is 2.29. The normalized spacial score (nSPS) is 15.2. The van der Waals surface area contributed by atoms with Crippen molar-refractivity contribution in [1.82, 2.24) is 9.80 Å². The van der Waals surface area contributed by atoms with E-state index in [0.717, 1.165) is 70.4 Å². The van der Waals surface area contributed by atoms with E-state index in [4.69, 9.17) is 23.7 Å². The molecule has 9 nitrogen and oxygen atoms in total. The molecule has 1 aromatic rings. The zero-order valence-electron chi connectivity index (χ0n) is 23.4. The van der Waals surface area contributed by atoms with Crippen LogP contribution in [0.5, 0.6) is 17.2 Å². The Hall–Kier alpha value is -2.52. The highest BCUT2D eigenvalue weighted by Crippen LogP contribution is 2.40. The molecule has 37 heavy (non-hydrogen) atoms. The maximum absolute atomic E-state index is 12.3. The minimum Gasteiger partial charge on any atom is -0.493 e. The number of carbonyl (C=O) groups excluding carboxylic acids is 2. The molecular weight excluding hydrogens is 476 g/mol. The number of hydrogen-bond donors (Lipinski definition) is 0. The Labute approximate surface area is 222 Å². The van der Waals surface area contributed by atoms with Gasteiger partial charge in [-0.3, -0.25) is 19.4 Å². The fraction of sp³-hybridized carbons (Fsp3) is 0.714. The average molecular weight is 523 g/mol. The monoisotopic (exact) mass is 522 g/mol. The summed E-state index contributed by atoms with van der Waals surface area (Å²) in [6.45, 7) is 11.1. The third-order valence-electron chi connectivity index (χ3n) is 6.60. The van der Waals surface area contributed by atoms with E-state index in [2.05, 4.69) is 9.80 Å². The predicted octanol–water partition coefficient (Wildman–Crippen LogP) is 4.06. The number of unbranched alkanes of at least 4 members (excludes halogenated alkanes) is 3. The second-order valence-corrected chi connectivity index (χ2v) is 9.10. The van der Waals surface area contributed by atoms with Gasteiger partial charge in [0.1, 0.15) is 6.04 Å². The Morgan fingerprint density at radius 3 is 2.19 bits per heavy atom. The van der Waals surface area contributed by atoms with Crippen LogP contribution in [0.3, 0.4) is 0 Å². The Balaban J connectivity index is 1.94. The highest BCUT2D eigenvalue weighted by atomic mass is 16.5. The lowest BCUT2D eigenvalue weighted by Crippen LogP contribution is -2.52. The number of esters is 2. The van der Waals surface area contributed by atoms with Crippen LogP contribution < -0.4 is 14.2 Å². The summed E-state index contributed by atoms with van der Waals surface area (Å²) in [5.74, 6) is 1.70. The molecule has 1 heterocycles. The van der Waals surface area contributed by atoms with Crippen molar-refractivity contribution in [2.45, 2.75) is 71.9 Å². The van der Waals surface area contributed by atoms with Gasteiger partial charge in [0.25, 0.3) is 0 Å². The first-order valence-corrected chi connectivity index (χ1v) is 13.6. The molecule has 1 atom stereocenters. The van der Waals surface area contributed by atoms with Crippen LogP contribution >= 0.6 is 0 Å². The lowest BCUT2D eigenvalue weighted by molar-refractivity contribution is -0.150. The third kappa shape index (κ3) is 9.70. The highest BCUT2D eigenvalue weighted by molar-refractivity contribution is 5.75. The molecule has 1 fully saturated rings. The molecule has 9 heteroatoms. The minimum absolute atomic E-state index is 0.128. The number of carbonyl (C=O) groups is 2. The predicted molar refractivity (Wildman–Crippen MR) is 142 cm³/mol. The lowest BCUT2D eigenvalue weighted by Gasteiger charge is -2.38. The quantitative estimate of drug-likeness (QED) is 0.222. The number of methoxy groups -OCH3 is 2. The van der Waals surface area contributed by atoms with E-state index in [1.165, 1.54) is 0 Å². The zero-order chi connectivity index (χ0) is 27.0. The van der Waals surface area contributed by atoms with Crippen molar-refractivity contribution in [3.63, 3.8) is 0 Å². The van der Waals surface area contributed by atoms with E-state index >= 15 is 0 Å². The van der Waals surface area contributed by atoms with Crippen molar-refractivity contribution in [2.75, 3.05) is 60.2 Å². The second kappa shape index (κ2) is 17.1. The van der Waals surface area contributed by atoms with Gasteiger partial charge in [-0.15, -0.1) is 0 Å². The van der Waals surface area contributed by atoms with Gasteiger partial charge in [-0.1, -0.05) is 25.8 Å². The van der Waals surface area contributed by atoms with Crippen LogP contribution in [0.4, 0.5) is 0 Å². The first kappa shape index (κ1) is 30.7. The molecule has 0 amide bonds. The van der Waals surface area contributed by atoms with Crippen molar-refractivity contribution < 1.29 is 33.3 Å². The van der Waals surface area contributed by atoms with Crippen LogP contribution in [0.25, 0.3) is 0 Å². The van der Waals surface area contributed by atoms with E-state index < -0.39 is 0 Å². The smallest absolute Gasteiger partial charge is 0.323 e. The number of nitrogens with zero attached hydrogens (tertiary/aromatic N) is 2. The van der Waals surface area contributed by atoms with Gasteiger partial charge in [-0.25, -0.2) is 0 Å². The summed E-state index contributed by atoms with van der Waals surface area (Å²) >= 11 is 0. The largest absolute Gasteiger partial charge is 0.493 e. The maximum Gasteiger partial charge on any atom is 0.323 e. The van der Waals surface area contributed by atoms with Gasteiger partial charge in [0, 0.05) is 44.7 Å². The first-order valence-electron chi connectivity index (χ1n) is 13.6. The van der Waals surface area contributed by atoms with E-state index in [0.29, 0.717) is 43.5 Å². The van der Waals surface area contributed by atoms with Crippen LogP contribution in [-0.2, 0) is 25.6 Å². The molecule has 0 saturated carbocycles. The number of piperazine rings is 1. The summed E-state index contributed by atoms with van der Waals surface area (Å²) in [4.78, 5) is 28.4. The summed E-state index contributed by atoms with van der Waals surface area (Å²) < 4.78 is 27.7. The van der Waals surface area contributed by atoms with Gasteiger partial charge in [-0.2, -0.15) is 0 Å². The van der Waals surface area contributed by atoms with Crippen LogP contribution in [0.1, 0.15) is 64.9 Å². The second-order valence-electron chi connectivity index (χ2n) is 9.10. The number of benzene rings is 1. The topological polar surface area (TPSA) is 86.8 Å². The molecule has 1 saturated heterocycles. The molecule has 210 valence electrons. The van der Waals surface area contributed by atoms with Crippen molar-refractivity contribution in [1.29, 1.82) is 0 Å². The molecule has 1 unspecified atom stereocenters. The number of hydrogen-bond acceptors (Lipinski definition) is 9. The van der Waals surface area contributed by atoms with Crippen LogP contribution in [-0.4, -0.2) is 88.0 Å². The van der Waals surface area contributed by atoms with Gasteiger partial charge in [0.2, 0.25) is 5.75 Å². The van der Waals surface area contributed by atoms with Gasteiger partial charge in [-0.05, 0) is 39.2 Å². The minimum atomic E-state index is -0.181. The number of rotatable bonds is 17. The fourth-order valence-corrected chi connectivity index (χ4v) is 4.64. The van der Waals surface area contributed by atoms with Gasteiger partial charge in [0.05, 0.1) is 34.0 Å². The van der Waals surface area contributed by atoms with Gasteiger partial charge in [0.15, 0.2) is 11.5 Å². The van der Waals surface area contributed by atoms with Crippen molar-refractivity contribution >= 4 is 11.9 Å². The Kier molecular flexibility index (Phi) is 14.2. The standard InChI is InChI=1S/C28H46N2O7/c1-6-23(28(32)36-8-3)30-18-16-29(17-19-30)21-22-14-15-24(33-4)27(34-5)26(22)37-20-12-10-9-11-13-25(31)35-7-2/h14-15,23H,6-13,16-21H2,1-5H3. The number of ether oxygens (including phenoxy) is 5. The van der Waals surface area contributed by atoms with E-state index in [1.54, 1.807) is 14.2 Å². The maximum atomic E-state index is 12.3. The molecule has 0 N–H and O–H groups in total. The molecule has 1 aliphatic rings. The first-order chi connectivity index (χ1) is 18.0. The molecule has 0 radical (unpaired) electrons. The van der Waals surface area contributed by atoms with Gasteiger partial charge < -0.3 is 23.7 Å². The summed E-state index contributed by atoms with van der Waals surface area (Å²) in [5.41, 5.74) is 1.05. The molecule has 0 aliphatic carbocycles. The molecule has 1 aromatic carbocycles. The lowest BCUT2D eigenvalue weighted by atomic mass is 10.1. The van der Waals surface area contributed by atoms with E-state index in [9.17, 15) is 9.59 Å². The fourth-order valence-electron chi connectivity index (χ4n) is 4.64. The summed E-state index contributed by atoms with van der Waals surface area (Å²) in [6.07, 6.45) is 4.85. The summed E-state index contributed by atoms with van der Waals surface area (Å²) in [5, 5.41) is 0. The van der Waals surface area contributed by atoms with Crippen molar-refractivity contribution in [2.24, 2.45) is 0 Å². The average Bonchev–Trinajstić information content (AvgIpc) is 2.90. The van der Waals surface area contributed by atoms with Crippen LogP contribution in [0, 0.1) is 0 Å². The SMILES string of the molecule is CCOC(=O)CCCCCCOc1c(CN2CCN(C(CC)C(=O)OCC)CC2)ccc(OC)c1OC. The molecular formula is C28H46N2O7. The van der Waals surface area contributed by atoms with Crippen LogP contribution in [0.2, 0.25) is 0 Å². The Bertz CT molecular complexity index is 825. The van der Waals surface area contributed by atoms with E-state index in [1.807, 2.05) is 32.9 Å².